The summed E-state index contributed by atoms with van der Waals surface area (Å²) in [5.41, 5.74) is 2.55. The van der Waals surface area contributed by atoms with Gasteiger partial charge in [-0.3, -0.25) is 4.90 Å². The van der Waals surface area contributed by atoms with Crippen LogP contribution in [0.25, 0.3) is 0 Å². The van der Waals surface area contributed by atoms with Gasteiger partial charge in [0.05, 0.1) is 0 Å². The van der Waals surface area contributed by atoms with E-state index in [9.17, 15) is 4.79 Å². The number of hydrogen-bond donors (Lipinski definition) is 0. The smallest absolute Gasteiger partial charge is 0.410 e. The number of fused-ring (bicyclic) bond motifs is 1. The van der Waals surface area contributed by atoms with E-state index in [4.69, 9.17) is 4.74 Å². The average molecular weight is 453 g/mol. The number of carbonyl (C=O) groups excluding carboxylic acids is 1. The van der Waals surface area contributed by atoms with Crippen molar-refractivity contribution in [3.05, 3.63) is 59.7 Å². The lowest BCUT2D eigenvalue weighted by Crippen LogP contribution is -2.51. The molecule has 0 aromatic heterocycles. The van der Waals surface area contributed by atoms with E-state index in [-0.39, 0.29) is 16.6 Å². The summed E-state index contributed by atoms with van der Waals surface area (Å²) in [5.74, 6) is 0. The molecule has 0 spiro atoms. The monoisotopic (exact) mass is 452 g/mol. The first kappa shape index (κ1) is 23.1. The zero-order valence-electron chi connectivity index (χ0n) is 19.8. The average Bonchev–Trinajstić information content (AvgIpc) is 2.79. The first-order valence-corrected chi connectivity index (χ1v) is 13.1. The molecule has 1 aliphatic carbocycles. The molecule has 0 radical (unpaired) electrons. The van der Waals surface area contributed by atoms with Gasteiger partial charge in [-0.15, -0.1) is 10.5 Å². The van der Waals surface area contributed by atoms with Crippen LogP contribution in [0.5, 0.6) is 0 Å². The number of carbonyl (C=O) groups is 1. The molecular weight excluding hydrogens is 416 g/mol. The Morgan fingerprint density at radius 3 is 2.41 bits per heavy atom. The number of ether oxygens (including phenoxy) is 1. The lowest BCUT2D eigenvalue weighted by molar-refractivity contribution is 0.00926. The molecule has 2 unspecified atom stereocenters. The lowest BCUT2D eigenvalue weighted by atomic mass is 9.86. The molecule has 1 heterocycles. The van der Waals surface area contributed by atoms with E-state index >= 15 is 0 Å². The van der Waals surface area contributed by atoms with Gasteiger partial charge in [-0.05, 0) is 82.3 Å². The van der Waals surface area contributed by atoms with Crippen molar-refractivity contribution in [3.63, 3.8) is 0 Å². The molecular formula is C27H36N2O2S. The lowest BCUT2D eigenvalue weighted by Gasteiger charge is -2.41. The van der Waals surface area contributed by atoms with Gasteiger partial charge in [0, 0.05) is 42.0 Å². The zero-order valence-corrected chi connectivity index (χ0v) is 20.7. The summed E-state index contributed by atoms with van der Waals surface area (Å²) in [5, 5.41) is 2.33. The fourth-order valence-corrected chi connectivity index (χ4v) is 6.55. The highest BCUT2D eigenvalue weighted by atomic mass is 32.2. The summed E-state index contributed by atoms with van der Waals surface area (Å²) in [6.45, 7) is 11.2. The normalized spacial score (nSPS) is 20.6. The fourth-order valence-electron chi connectivity index (χ4n) is 4.80. The number of benzene rings is 2. The molecule has 1 amide bonds. The van der Waals surface area contributed by atoms with Gasteiger partial charge >= 0.3 is 6.09 Å². The van der Waals surface area contributed by atoms with E-state index in [0.29, 0.717) is 6.04 Å². The third kappa shape index (κ3) is 5.26. The summed E-state index contributed by atoms with van der Waals surface area (Å²) in [6, 6.07) is 18.4. The summed E-state index contributed by atoms with van der Waals surface area (Å²) in [6.07, 6.45) is 3.40. The molecule has 5 heteroatoms. The molecule has 1 aliphatic heterocycles. The minimum Gasteiger partial charge on any atom is -0.444 e. The van der Waals surface area contributed by atoms with Crippen LogP contribution in [0.3, 0.4) is 0 Å². The van der Waals surface area contributed by atoms with E-state index in [1.54, 1.807) is 0 Å². The minimum atomic E-state index is -0.442. The molecule has 1 saturated heterocycles. The van der Waals surface area contributed by atoms with E-state index in [1.165, 1.54) is 33.8 Å². The summed E-state index contributed by atoms with van der Waals surface area (Å²) in [7, 11) is 0.0125. The second-order valence-corrected chi connectivity index (χ2v) is 11.7. The number of amides is 1. The molecule has 0 N–H and O–H groups in total. The second-order valence-electron chi connectivity index (χ2n) is 9.66. The van der Waals surface area contributed by atoms with Crippen molar-refractivity contribution in [2.24, 2.45) is 0 Å². The van der Waals surface area contributed by atoms with Crippen LogP contribution in [-0.2, 0) is 11.2 Å². The highest BCUT2D eigenvalue weighted by Crippen LogP contribution is 2.40. The molecule has 2 aromatic rings. The Balaban J connectivity index is 1.47. The number of hydrogen-bond acceptors (Lipinski definition) is 3. The van der Waals surface area contributed by atoms with Gasteiger partial charge in [0.15, 0.2) is 0 Å². The molecule has 172 valence electrons. The van der Waals surface area contributed by atoms with Gasteiger partial charge < -0.3 is 9.64 Å². The number of rotatable bonds is 3. The van der Waals surface area contributed by atoms with Gasteiger partial charge in [0.2, 0.25) is 0 Å². The van der Waals surface area contributed by atoms with Gasteiger partial charge in [-0.1, -0.05) is 29.6 Å². The van der Waals surface area contributed by atoms with Crippen molar-refractivity contribution >= 4 is 21.9 Å². The van der Waals surface area contributed by atoms with Gasteiger partial charge in [-0.2, -0.15) is 0 Å². The van der Waals surface area contributed by atoms with E-state index in [0.717, 1.165) is 32.6 Å². The topological polar surface area (TPSA) is 32.8 Å². The molecule has 0 saturated carbocycles. The fraction of sp³-hybridized carbons (Fsp3) is 0.481. The molecule has 2 atom stereocenters. The van der Waals surface area contributed by atoms with Crippen LogP contribution in [0.15, 0.2) is 58.3 Å². The highest BCUT2D eigenvalue weighted by Gasteiger charge is 2.31. The quantitative estimate of drug-likeness (QED) is 0.526. The highest BCUT2D eigenvalue weighted by molar-refractivity contribution is 8.15. The molecule has 1 fully saturated rings. The van der Waals surface area contributed by atoms with Crippen LogP contribution in [0.1, 0.15) is 57.7 Å². The van der Waals surface area contributed by atoms with Crippen LogP contribution in [0.4, 0.5) is 4.79 Å². The Labute approximate surface area is 195 Å². The molecule has 32 heavy (non-hydrogen) atoms. The first-order chi connectivity index (χ1) is 15.4. The Bertz CT molecular complexity index is 973. The van der Waals surface area contributed by atoms with E-state index < -0.39 is 5.60 Å². The Hall–Kier alpha value is -2.11. The van der Waals surface area contributed by atoms with Crippen LogP contribution < -0.4 is 0 Å². The van der Waals surface area contributed by atoms with Gasteiger partial charge in [-0.25, -0.2) is 4.79 Å². The maximum Gasteiger partial charge on any atom is 0.410 e. The molecule has 2 aliphatic rings. The molecule has 2 aromatic carbocycles. The van der Waals surface area contributed by atoms with Gasteiger partial charge in [0.1, 0.15) is 5.60 Å². The van der Waals surface area contributed by atoms with Crippen LogP contribution in [0.2, 0.25) is 0 Å². The second kappa shape index (κ2) is 9.80. The number of aryl methyl sites for hydroxylation is 1. The standard InChI is InChI=1S/C27H36N2O2S/c1-5-32(22-11-7-6-8-12-22)23-14-15-24-21(20-23)10-9-13-25(24)28-16-18-29(19-17-28)26(30)31-27(2,3)4/h5-8,11-12,14-15,20,25H,9-10,13,16-19H2,1-4H3. The molecule has 4 rings (SSSR count). The Morgan fingerprint density at radius 1 is 1.03 bits per heavy atom. The minimum absolute atomic E-state index is 0.0125. The summed E-state index contributed by atoms with van der Waals surface area (Å²) in [4.78, 5) is 19.6. The summed E-state index contributed by atoms with van der Waals surface area (Å²) >= 11 is 0. The number of piperazine rings is 1. The maximum atomic E-state index is 12.4. The van der Waals surface area contributed by atoms with Crippen molar-refractivity contribution in [1.29, 1.82) is 0 Å². The summed E-state index contributed by atoms with van der Waals surface area (Å²) < 4.78 is 5.56. The first-order valence-electron chi connectivity index (χ1n) is 11.8. The SMILES string of the molecule is C/C=S(\c1ccccc1)c1ccc2c(c1)CCCC2N1CCN(C(=O)OC(C)(C)C)CC1. The predicted molar refractivity (Wildman–Crippen MR) is 134 cm³/mol. The third-order valence-corrected chi connectivity index (χ3v) is 8.30. The Kier molecular flexibility index (Phi) is 7.06. The van der Waals surface area contributed by atoms with Crippen molar-refractivity contribution in [2.75, 3.05) is 26.2 Å². The van der Waals surface area contributed by atoms with E-state index in [1.807, 2.05) is 25.7 Å². The van der Waals surface area contributed by atoms with Crippen molar-refractivity contribution in [3.8, 4) is 0 Å². The van der Waals surface area contributed by atoms with E-state index in [2.05, 4.69) is 65.7 Å². The van der Waals surface area contributed by atoms with Crippen molar-refractivity contribution in [2.45, 2.75) is 68.4 Å². The Morgan fingerprint density at radius 2 is 1.75 bits per heavy atom. The zero-order chi connectivity index (χ0) is 22.7. The van der Waals surface area contributed by atoms with Crippen LogP contribution in [0, 0.1) is 0 Å². The molecule has 4 nitrogen and oxygen atoms in total. The van der Waals surface area contributed by atoms with Crippen molar-refractivity contribution in [1.82, 2.24) is 9.80 Å². The number of nitrogens with zero attached hydrogens (tertiary/aromatic N) is 2. The maximum absolute atomic E-state index is 12.4. The van der Waals surface area contributed by atoms with Gasteiger partial charge in [0.25, 0.3) is 0 Å². The van der Waals surface area contributed by atoms with Crippen LogP contribution >= 0.6 is 10.5 Å². The third-order valence-electron chi connectivity index (χ3n) is 6.29. The predicted octanol–water partition coefficient (Wildman–Crippen LogP) is 6.13. The van der Waals surface area contributed by atoms with Crippen molar-refractivity contribution < 1.29 is 9.53 Å². The largest absolute Gasteiger partial charge is 0.444 e. The molecule has 0 bridgehead atoms. The van der Waals surface area contributed by atoms with Crippen LogP contribution in [-0.4, -0.2) is 53.0 Å².